The first kappa shape index (κ1) is 21.6. The molecule has 0 saturated carbocycles. The molecule has 2 amide bonds. The van der Waals surface area contributed by atoms with E-state index in [1.165, 1.54) is 0 Å². The van der Waals surface area contributed by atoms with Gasteiger partial charge in [0.25, 0.3) is 11.1 Å². The summed E-state index contributed by atoms with van der Waals surface area (Å²) < 4.78 is 15.2. The number of nitrogens with one attached hydrogen (secondary N) is 1. The molecule has 8 heteroatoms. The van der Waals surface area contributed by atoms with Crippen molar-refractivity contribution in [3.8, 4) is 11.1 Å². The smallest absolute Gasteiger partial charge is 0.290 e. The number of hydrogen-bond donors (Lipinski definition) is 1. The number of thioether (sulfide) groups is 1. The second-order valence-electron chi connectivity index (χ2n) is 8.08. The number of fused-ring (bicyclic) bond motifs is 1. The zero-order valence-corrected chi connectivity index (χ0v) is 19.0. The monoisotopic (exact) mass is 462 g/mol. The Morgan fingerprint density at radius 3 is 2.64 bits per heavy atom. The third-order valence-electron chi connectivity index (χ3n) is 6.12. The van der Waals surface area contributed by atoms with Crippen LogP contribution in [0.5, 0.6) is 0 Å². The summed E-state index contributed by atoms with van der Waals surface area (Å²) in [6.07, 6.45) is 3.32. The van der Waals surface area contributed by atoms with Gasteiger partial charge in [-0.15, -0.1) is 0 Å². The van der Waals surface area contributed by atoms with E-state index in [9.17, 15) is 9.59 Å². The highest BCUT2D eigenvalue weighted by molar-refractivity contribution is 8.18. The highest BCUT2D eigenvalue weighted by Crippen LogP contribution is 2.33. The molecule has 0 aliphatic carbocycles. The zero-order chi connectivity index (χ0) is 22.9. The maximum absolute atomic E-state index is 15.2. The summed E-state index contributed by atoms with van der Waals surface area (Å²) in [4.78, 5) is 32.5. The van der Waals surface area contributed by atoms with Crippen LogP contribution in [0, 0.1) is 5.82 Å². The van der Waals surface area contributed by atoms with Crippen LogP contribution in [-0.2, 0) is 4.79 Å². The van der Waals surface area contributed by atoms with E-state index >= 15 is 4.39 Å². The molecule has 0 spiro atoms. The van der Waals surface area contributed by atoms with Crippen LogP contribution in [0.4, 0.5) is 14.9 Å². The number of pyridine rings is 1. The first-order valence-corrected chi connectivity index (χ1v) is 11.7. The minimum absolute atomic E-state index is 0.233. The van der Waals surface area contributed by atoms with Crippen LogP contribution in [-0.4, -0.2) is 53.8 Å². The molecule has 1 N–H and O–H groups in total. The second kappa shape index (κ2) is 8.96. The molecule has 2 aromatic carbocycles. The van der Waals surface area contributed by atoms with Gasteiger partial charge in [0, 0.05) is 37.8 Å². The molecule has 1 aromatic heterocycles. The quantitative estimate of drug-likeness (QED) is 0.576. The lowest BCUT2D eigenvalue weighted by molar-refractivity contribution is -0.115. The molecule has 2 fully saturated rings. The average molecular weight is 463 g/mol. The molecule has 0 atom stereocenters. The maximum atomic E-state index is 15.2. The molecule has 2 aliphatic heterocycles. The molecule has 2 aliphatic rings. The van der Waals surface area contributed by atoms with Crippen LogP contribution in [0.25, 0.3) is 28.0 Å². The van der Waals surface area contributed by atoms with E-state index in [2.05, 4.69) is 27.0 Å². The van der Waals surface area contributed by atoms with Gasteiger partial charge < -0.3 is 9.80 Å². The Morgan fingerprint density at radius 2 is 1.94 bits per heavy atom. The molecule has 3 aromatic rings. The van der Waals surface area contributed by atoms with E-state index in [-0.39, 0.29) is 11.1 Å². The number of amides is 2. The topological polar surface area (TPSA) is 65.5 Å². The van der Waals surface area contributed by atoms with Crippen molar-refractivity contribution in [1.82, 2.24) is 15.2 Å². The van der Waals surface area contributed by atoms with E-state index in [1.54, 1.807) is 18.3 Å². The highest BCUT2D eigenvalue weighted by atomic mass is 32.2. The lowest BCUT2D eigenvalue weighted by Crippen LogP contribution is -2.46. The van der Waals surface area contributed by atoms with Gasteiger partial charge in [-0.1, -0.05) is 31.2 Å². The molecule has 0 radical (unpaired) electrons. The molecule has 5 rings (SSSR count). The van der Waals surface area contributed by atoms with Crippen LogP contribution in [0.3, 0.4) is 0 Å². The molecule has 33 heavy (non-hydrogen) atoms. The predicted molar refractivity (Wildman–Crippen MR) is 131 cm³/mol. The average Bonchev–Trinajstić information content (AvgIpc) is 3.15. The van der Waals surface area contributed by atoms with E-state index in [0.717, 1.165) is 66.4 Å². The van der Waals surface area contributed by atoms with Gasteiger partial charge in [-0.25, -0.2) is 4.39 Å². The van der Waals surface area contributed by atoms with Crippen LogP contribution in [0.2, 0.25) is 0 Å². The molecule has 6 nitrogen and oxygen atoms in total. The Balaban J connectivity index is 1.48. The fourth-order valence-electron chi connectivity index (χ4n) is 4.31. The number of rotatable bonds is 4. The van der Waals surface area contributed by atoms with Crippen molar-refractivity contribution in [1.29, 1.82) is 0 Å². The van der Waals surface area contributed by atoms with Crippen molar-refractivity contribution in [2.45, 2.75) is 6.92 Å². The number of anilines is 1. The summed E-state index contributed by atoms with van der Waals surface area (Å²) in [5, 5.41) is 3.67. The summed E-state index contributed by atoms with van der Waals surface area (Å²) in [6.45, 7) is 6.67. The fraction of sp³-hybridized carbons (Fsp3) is 0.240. The Morgan fingerprint density at radius 1 is 1.12 bits per heavy atom. The number of likely N-dealkylation sites (N-methyl/N-ethyl adjacent to an activating group) is 1. The first-order chi connectivity index (χ1) is 16.0. The van der Waals surface area contributed by atoms with Crippen LogP contribution in [0.1, 0.15) is 12.6 Å². The molecular formula is C25H23FN4O2S. The number of aromatic nitrogens is 1. The third kappa shape index (κ3) is 4.36. The van der Waals surface area contributed by atoms with Crippen molar-refractivity contribution < 1.29 is 14.0 Å². The van der Waals surface area contributed by atoms with Gasteiger partial charge >= 0.3 is 0 Å². The molecular weight excluding hydrogens is 439 g/mol. The minimum Gasteiger partial charge on any atom is -0.367 e. The standard InChI is InChI=1S/C25H23FN4O2S/c1-2-29-8-10-30(11-9-29)22-7-6-16(12-21(22)26)19-5-3-4-17-15-27-18(13-20(17)19)14-23-24(31)28-25(32)33-23/h3-7,12-15H,2,8-11H2,1H3,(H,28,31,32). The zero-order valence-electron chi connectivity index (χ0n) is 18.2. The summed E-state index contributed by atoms with van der Waals surface area (Å²) in [6, 6.07) is 13.1. The second-order valence-corrected chi connectivity index (χ2v) is 9.09. The highest BCUT2D eigenvalue weighted by Gasteiger charge is 2.25. The molecule has 0 bridgehead atoms. The number of hydrogen-bond acceptors (Lipinski definition) is 6. The van der Waals surface area contributed by atoms with Crippen molar-refractivity contribution in [2.75, 3.05) is 37.6 Å². The van der Waals surface area contributed by atoms with Crippen molar-refractivity contribution in [3.05, 3.63) is 65.1 Å². The minimum atomic E-state index is -0.419. The van der Waals surface area contributed by atoms with Crippen LogP contribution >= 0.6 is 11.8 Å². The van der Waals surface area contributed by atoms with Gasteiger partial charge in [-0.3, -0.25) is 19.9 Å². The molecule has 2 saturated heterocycles. The number of benzene rings is 2. The molecule has 3 heterocycles. The third-order valence-corrected chi connectivity index (χ3v) is 6.94. The predicted octanol–water partition coefficient (Wildman–Crippen LogP) is 4.51. The Labute approximate surface area is 195 Å². The molecule has 168 valence electrons. The Bertz CT molecular complexity index is 1280. The van der Waals surface area contributed by atoms with E-state index in [1.807, 2.05) is 36.4 Å². The number of piperazine rings is 1. The molecule has 0 unspecified atom stereocenters. The van der Waals surface area contributed by atoms with E-state index in [0.29, 0.717) is 16.3 Å². The van der Waals surface area contributed by atoms with Gasteiger partial charge in [0.2, 0.25) is 0 Å². The normalized spacial score (nSPS) is 18.4. The van der Waals surface area contributed by atoms with E-state index < -0.39 is 5.91 Å². The van der Waals surface area contributed by atoms with Gasteiger partial charge in [0.15, 0.2) is 0 Å². The number of carbonyl (C=O) groups excluding carboxylic acids is 2. The summed E-state index contributed by atoms with van der Waals surface area (Å²) in [5.74, 6) is -0.652. The van der Waals surface area contributed by atoms with Gasteiger partial charge in [-0.05, 0) is 59.1 Å². The Kier molecular flexibility index (Phi) is 5.86. The maximum Gasteiger partial charge on any atom is 0.290 e. The van der Waals surface area contributed by atoms with Gasteiger partial charge in [-0.2, -0.15) is 0 Å². The number of nitrogens with zero attached hydrogens (tertiary/aromatic N) is 3. The number of carbonyl (C=O) groups is 2. The van der Waals surface area contributed by atoms with Crippen molar-refractivity contribution >= 4 is 45.4 Å². The fourth-order valence-corrected chi connectivity index (χ4v) is 4.97. The summed E-state index contributed by atoms with van der Waals surface area (Å²) in [7, 11) is 0. The first-order valence-electron chi connectivity index (χ1n) is 10.9. The number of halogens is 1. The summed E-state index contributed by atoms with van der Waals surface area (Å²) >= 11 is 0.857. The largest absolute Gasteiger partial charge is 0.367 e. The van der Waals surface area contributed by atoms with Gasteiger partial charge in [0.05, 0.1) is 16.3 Å². The SMILES string of the molecule is CCN1CCN(c2ccc(-c3cccc4cnc(C=C5SC(=O)NC5=O)cc34)cc2F)CC1. The van der Waals surface area contributed by atoms with Crippen molar-refractivity contribution in [2.24, 2.45) is 0 Å². The lowest BCUT2D eigenvalue weighted by atomic mass is 9.98. The Hall–Kier alpha value is -3.23. The van der Waals surface area contributed by atoms with Crippen molar-refractivity contribution in [3.63, 3.8) is 0 Å². The number of imide groups is 1. The van der Waals surface area contributed by atoms with Gasteiger partial charge in [0.1, 0.15) is 5.82 Å². The summed E-state index contributed by atoms with van der Waals surface area (Å²) in [5.41, 5.74) is 2.86. The van der Waals surface area contributed by atoms with E-state index in [4.69, 9.17) is 0 Å². The lowest BCUT2D eigenvalue weighted by Gasteiger charge is -2.35. The van der Waals surface area contributed by atoms with Crippen LogP contribution < -0.4 is 10.2 Å². The van der Waals surface area contributed by atoms with Crippen LogP contribution in [0.15, 0.2) is 53.6 Å².